The number of ether oxygens (including phenoxy) is 1. The SMILES string of the molecule is CCCOC(=O)CCCc1cscc1S(N)(=O)=O. The van der Waals surface area contributed by atoms with Crippen LogP contribution < -0.4 is 5.14 Å². The highest BCUT2D eigenvalue weighted by Crippen LogP contribution is 2.21. The zero-order chi connectivity index (χ0) is 13.6. The van der Waals surface area contributed by atoms with Crippen LogP contribution in [0.5, 0.6) is 0 Å². The summed E-state index contributed by atoms with van der Waals surface area (Å²) in [5.74, 6) is -0.246. The Morgan fingerprint density at radius 3 is 2.78 bits per heavy atom. The molecule has 0 aliphatic carbocycles. The summed E-state index contributed by atoms with van der Waals surface area (Å²) in [5, 5.41) is 8.35. The highest BCUT2D eigenvalue weighted by Gasteiger charge is 2.15. The van der Waals surface area contributed by atoms with E-state index in [1.165, 1.54) is 16.7 Å². The van der Waals surface area contributed by atoms with Gasteiger partial charge in [-0.25, -0.2) is 13.6 Å². The topological polar surface area (TPSA) is 86.5 Å². The molecule has 0 atom stereocenters. The summed E-state index contributed by atoms with van der Waals surface area (Å²) in [4.78, 5) is 11.4. The number of carbonyl (C=O) groups is 1. The van der Waals surface area contributed by atoms with Gasteiger partial charge < -0.3 is 4.74 Å². The second kappa shape index (κ2) is 6.86. The van der Waals surface area contributed by atoms with Gasteiger partial charge in [0.25, 0.3) is 0 Å². The van der Waals surface area contributed by atoms with Gasteiger partial charge in [0.2, 0.25) is 10.0 Å². The first-order valence-electron chi connectivity index (χ1n) is 5.68. The molecule has 0 saturated heterocycles. The quantitative estimate of drug-likeness (QED) is 0.774. The van der Waals surface area contributed by atoms with Gasteiger partial charge in [0.15, 0.2) is 0 Å². The van der Waals surface area contributed by atoms with Gasteiger partial charge in [-0.1, -0.05) is 6.92 Å². The molecule has 2 N–H and O–H groups in total. The standard InChI is InChI=1S/C11H17NO4S2/c1-2-6-16-11(13)5-3-4-9-7-17-8-10(9)18(12,14)15/h7-8H,2-6H2,1H3,(H2,12,14,15). The number of sulfonamides is 1. The molecule has 0 saturated carbocycles. The lowest BCUT2D eigenvalue weighted by atomic mass is 10.1. The van der Waals surface area contributed by atoms with Crippen molar-refractivity contribution in [2.24, 2.45) is 5.14 Å². The molecule has 18 heavy (non-hydrogen) atoms. The molecule has 0 bridgehead atoms. The van der Waals surface area contributed by atoms with E-state index in [4.69, 9.17) is 9.88 Å². The Labute approximate surface area is 111 Å². The van der Waals surface area contributed by atoms with Gasteiger partial charge in [0.05, 0.1) is 11.5 Å². The molecule has 0 fully saturated rings. The van der Waals surface area contributed by atoms with Gasteiger partial charge in [0.1, 0.15) is 0 Å². The van der Waals surface area contributed by atoms with E-state index < -0.39 is 10.0 Å². The van der Waals surface area contributed by atoms with Crippen LogP contribution in [-0.2, 0) is 26.0 Å². The van der Waals surface area contributed by atoms with E-state index in [0.29, 0.717) is 31.4 Å². The van der Waals surface area contributed by atoms with Crippen molar-refractivity contribution < 1.29 is 17.9 Å². The fourth-order valence-electron chi connectivity index (χ4n) is 1.45. The summed E-state index contributed by atoms with van der Waals surface area (Å²) in [6.45, 7) is 2.36. The van der Waals surface area contributed by atoms with E-state index in [1.54, 1.807) is 5.38 Å². The van der Waals surface area contributed by atoms with Crippen molar-refractivity contribution in [1.82, 2.24) is 0 Å². The fraction of sp³-hybridized carbons (Fsp3) is 0.545. The molecule has 1 aromatic rings. The van der Waals surface area contributed by atoms with Crippen LogP contribution in [0.15, 0.2) is 15.7 Å². The third kappa shape index (κ3) is 4.75. The van der Waals surface area contributed by atoms with Crippen molar-refractivity contribution in [3.63, 3.8) is 0 Å². The predicted molar refractivity (Wildman–Crippen MR) is 69.9 cm³/mol. The normalized spacial score (nSPS) is 11.4. The highest BCUT2D eigenvalue weighted by atomic mass is 32.2. The Balaban J connectivity index is 2.45. The van der Waals surface area contributed by atoms with Gasteiger partial charge in [-0.15, -0.1) is 0 Å². The molecule has 102 valence electrons. The molecule has 1 aromatic heterocycles. The predicted octanol–water partition coefficient (Wildman–Crippen LogP) is 1.67. The van der Waals surface area contributed by atoms with Gasteiger partial charge >= 0.3 is 5.97 Å². The molecule has 0 spiro atoms. The van der Waals surface area contributed by atoms with E-state index in [9.17, 15) is 13.2 Å². The second-order valence-corrected chi connectivity index (χ2v) is 6.15. The first kappa shape index (κ1) is 15.1. The molecule has 1 rings (SSSR count). The molecule has 7 heteroatoms. The molecule has 0 aromatic carbocycles. The van der Waals surface area contributed by atoms with E-state index >= 15 is 0 Å². The van der Waals surface area contributed by atoms with Crippen LogP contribution in [0.1, 0.15) is 31.7 Å². The molecule has 0 aliphatic heterocycles. The van der Waals surface area contributed by atoms with E-state index in [2.05, 4.69) is 0 Å². The van der Waals surface area contributed by atoms with Gasteiger partial charge in [0, 0.05) is 11.8 Å². The number of nitrogens with two attached hydrogens (primary N) is 1. The Morgan fingerprint density at radius 1 is 1.44 bits per heavy atom. The number of hydrogen-bond acceptors (Lipinski definition) is 5. The number of rotatable bonds is 7. The molecule has 1 heterocycles. The van der Waals surface area contributed by atoms with Crippen LogP contribution in [0, 0.1) is 0 Å². The van der Waals surface area contributed by atoms with Crippen LogP contribution >= 0.6 is 11.3 Å². The minimum Gasteiger partial charge on any atom is -0.466 e. The maximum Gasteiger partial charge on any atom is 0.305 e. The van der Waals surface area contributed by atoms with Crippen LogP contribution in [0.3, 0.4) is 0 Å². The number of thiophene rings is 1. The van der Waals surface area contributed by atoms with Gasteiger partial charge in [-0.2, -0.15) is 11.3 Å². The van der Waals surface area contributed by atoms with Crippen molar-refractivity contribution in [3.05, 3.63) is 16.3 Å². The van der Waals surface area contributed by atoms with E-state index in [0.717, 1.165) is 6.42 Å². The molecular weight excluding hydrogens is 274 g/mol. The zero-order valence-electron chi connectivity index (χ0n) is 10.2. The summed E-state index contributed by atoms with van der Waals surface area (Å²) in [5.41, 5.74) is 0.672. The summed E-state index contributed by atoms with van der Waals surface area (Å²) in [6.07, 6.45) is 2.16. The lowest BCUT2D eigenvalue weighted by molar-refractivity contribution is -0.143. The van der Waals surface area contributed by atoms with Crippen LogP contribution in [0.25, 0.3) is 0 Å². The van der Waals surface area contributed by atoms with Crippen molar-refractivity contribution >= 4 is 27.3 Å². The maximum absolute atomic E-state index is 11.2. The molecule has 0 aliphatic rings. The average Bonchev–Trinajstić information content (AvgIpc) is 2.74. The summed E-state index contributed by atoms with van der Waals surface area (Å²) >= 11 is 1.29. The second-order valence-electron chi connectivity index (χ2n) is 3.88. The maximum atomic E-state index is 11.2. The molecular formula is C11H17NO4S2. The minimum atomic E-state index is -3.66. The fourth-order valence-corrected chi connectivity index (χ4v) is 3.51. The Hall–Kier alpha value is -0.920. The molecule has 5 nitrogen and oxygen atoms in total. The first-order valence-corrected chi connectivity index (χ1v) is 8.17. The number of carbonyl (C=O) groups excluding carboxylic acids is 1. The summed E-state index contributed by atoms with van der Waals surface area (Å²) < 4.78 is 27.4. The number of primary sulfonamides is 1. The molecule has 0 unspecified atom stereocenters. The molecule has 0 amide bonds. The lowest BCUT2D eigenvalue weighted by Crippen LogP contribution is -2.13. The molecule has 0 radical (unpaired) electrons. The van der Waals surface area contributed by atoms with E-state index in [-0.39, 0.29) is 10.9 Å². The number of hydrogen-bond donors (Lipinski definition) is 1. The largest absolute Gasteiger partial charge is 0.466 e. The van der Waals surface area contributed by atoms with Gasteiger partial charge in [-0.05, 0) is 30.2 Å². The van der Waals surface area contributed by atoms with Gasteiger partial charge in [-0.3, -0.25) is 4.79 Å². The third-order valence-electron chi connectivity index (χ3n) is 2.30. The Kier molecular flexibility index (Phi) is 5.77. The Morgan fingerprint density at radius 2 is 2.17 bits per heavy atom. The first-order chi connectivity index (χ1) is 8.45. The smallest absolute Gasteiger partial charge is 0.305 e. The summed E-state index contributed by atoms with van der Waals surface area (Å²) in [6, 6.07) is 0. The van der Waals surface area contributed by atoms with Crippen molar-refractivity contribution in [3.8, 4) is 0 Å². The summed E-state index contributed by atoms with van der Waals surface area (Å²) in [7, 11) is -3.66. The number of esters is 1. The van der Waals surface area contributed by atoms with Crippen molar-refractivity contribution in [1.29, 1.82) is 0 Å². The average molecular weight is 291 g/mol. The van der Waals surface area contributed by atoms with Crippen molar-refractivity contribution in [2.75, 3.05) is 6.61 Å². The zero-order valence-corrected chi connectivity index (χ0v) is 11.9. The Bertz CT molecular complexity index is 493. The lowest BCUT2D eigenvalue weighted by Gasteiger charge is -2.03. The van der Waals surface area contributed by atoms with Crippen molar-refractivity contribution in [2.45, 2.75) is 37.5 Å². The van der Waals surface area contributed by atoms with E-state index in [1.807, 2.05) is 6.92 Å². The van der Waals surface area contributed by atoms with Crippen LogP contribution in [-0.4, -0.2) is 21.0 Å². The van der Waals surface area contributed by atoms with Crippen LogP contribution in [0.4, 0.5) is 0 Å². The monoisotopic (exact) mass is 291 g/mol. The highest BCUT2D eigenvalue weighted by molar-refractivity contribution is 7.89. The number of aryl methyl sites for hydroxylation is 1. The minimum absolute atomic E-state index is 0.162. The van der Waals surface area contributed by atoms with Crippen LogP contribution in [0.2, 0.25) is 0 Å². The third-order valence-corrected chi connectivity index (χ3v) is 4.24.